The number of piperidine rings is 1. The van der Waals surface area contributed by atoms with Gasteiger partial charge in [-0.25, -0.2) is 0 Å². The maximum atomic E-state index is 13.4. The minimum absolute atomic E-state index is 0.0753. The molecule has 3 saturated carbocycles. The number of esters is 1. The summed E-state index contributed by atoms with van der Waals surface area (Å²) in [4.78, 5) is 29.2. The first-order valence-electron chi connectivity index (χ1n) is 19.0. The molecule has 0 amide bonds. The van der Waals surface area contributed by atoms with Crippen LogP contribution in [-0.2, 0) is 19.1 Å². The van der Waals surface area contributed by atoms with E-state index in [4.69, 9.17) is 9.47 Å². The van der Waals surface area contributed by atoms with Crippen LogP contribution in [0.25, 0.3) is 0 Å². The summed E-state index contributed by atoms with van der Waals surface area (Å²) in [5.41, 5.74) is -0.0753. The maximum absolute atomic E-state index is 13.4. The van der Waals surface area contributed by atoms with E-state index in [0.717, 1.165) is 56.1 Å². The van der Waals surface area contributed by atoms with Crippen molar-refractivity contribution in [2.75, 3.05) is 13.1 Å². The molecule has 7 atom stereocenters. The molecule has 0 radical (unpaired) electrons. The highest BCUT2D eigenvalue weighted by molar-refractivity contribution is 5.86. The molecular weight excluding hydrogens is 546 g/mol. The van der Waals surface area contributed by atoms with Crippen molar-refractivity contribution in [3.8, 4) is 0 Å². The molecule has 2 bridgehead atoms. The van der Waals surface area contributed by atoms with E-state index < -0.39 is 0 Å². The number of Topliss-reactive ketones (excluding diaryl/α,β-unsaturated/α-hetero) is 1. The number of carbonyl (C=O) groups excluding carboxylic acids is 2. The summed E-state index contributed by atoms with van der Waals surface area (Å²) < 4.78 is 12.8. The van der Waals surface area contributed by atoms with Crippen LogP contribution in [0.15, 0.2) is 23.7 Å². The van der Waals surface area contributed by atoms with Gasteiger partial charge in [-0.3, -0.25) is 14.5 Å². The van der Waals surface area contributed by atoms with Gasteiger partial charge < -0.3 is 9.47 Å². The molecule has 0 N–H and O–H groups in total. The number of ether oxygens (including phenoxy) is 2. The minimum Gasteiger partial charge on any atom is -0.483 e. The Bertz CT molecular complexity index is 1060. The smallest absolute Gasteiger partial charge is 0.310 e. The van der Waals surface area contributed by atoms with Crippen molar-refractivity contribution in [2.24, 2.45) is 35.0 Å². The lowest BCUT2D eigenvalue weighted by Gasteiger charge is -2.62. The van der Waals surface area contributed by atoms with Crippen LogP contribution in [0.4, 0.5) is 0 Å². The van der Waals surface area contributed by atoms with Gasteiger partial charge in [0.15, 0.2) is 11.9 Å². The fourth-order valence-electron chi connectivity index (χ4n) is 10.1. The molecule has 246 valence electrons. The van der Waals surface area contributed by atoms with Gasteiger partial charge >= 0.3 is 5.97 Å². The van der Waals surface area contributed by atoms with Crippen molar-refractivity contribution < 1.29 is 19.1 Å². The van der Waals surface area contributed by atoms with Crippen LogP contribution in [0.2, 0.25) is 0 Å². The molecule has 44 heavy (non-hydrogen) atoms. The molecule has 2 saturated heterocycles. The molecule has 0 aromatic carbocycles. The monoisotopic (exact) mass is 607 g/mol. The van der Waals surface area contributed by atoms with Gasteiger partial charge in [0.25, 0.3) is 0 Å². The molecule has 5 unspecified atom stereocenters. The molecule has 2 heterocycles. The Morgan fingerprint density at radius 2 is 1.68 bits per heavy atom. The molecule has 5 nitrogen and oxygen atoms in total. The van der Waals surface area contributed by atoms with E-state index in [9.17, 15) is 9.59 Å². The lowest BCUT2D eigenvalue weighted by Crippen LogP contribution is -2.67. The van der Waals surface area contributed by atoms with Gasteiger partial charge in [-0.15, -0.1) is 0 Å². The van der Waals surface area contributed by atoms with Crippen LogP contribution in [0.3, 0.4) is 0 Å². The zero-order valence-corrected chi connectivity index (χ0v) is 28.0. The van der Waals surface area contributed by atoms with E-state index in [0.29, 0.717) is 42.4 Å². The third-order valence-corrected chi connectivity index (χ3v) is 12.6. The summed E-state index contributed by atoms with van der Waals surface area (Å²) in [5.74, 6) is 4.53. The Balaban J connectivity index is 0.955. The largest absolute Gasteiger partial charge is 0.483 e. The van der Waals surface area contributed by atoms with Gasteiger partial charge in [-0.05, 0) is 94.4 Å². The van der Waals surface area contributed by atoms with Crippen LogP contribution in [0.1, 0.15) is 149 Å². The molecule has 0 aromatic rings. The number of likely N-dealkylation sites (tertiary alicyclic amines) is 1. The summed E-state index contributed by atoms with van der Waals surface area (Å²) in [6.45, 7) is 6.98. The standard InChI is InChI=1S/C39H61NO4/c1-3-4-5-6-7-8-9-10-11-12-13-14-15-16-17-18-35(42)43-34-25-28(2)30-26-32-31-21-22-33(41)38-39(31,36(30)37(34)44-38)23-24-40(32)27-29-19-20-29/h10-11,28-32,36,38H,3-9,12-27H2,1-2H3/b11-10-/t28?,30?,31?,32?,36?,38-,39-/m0/s1. The number of nitrogens with zero attached hydrogens (tertiary/aromatic N) is 1. The number of rotatable bonds is 18. The number of ketones is 1. The fourth-order valence-corrected chi connectivity index (χ4v) is 10.1. The number of hydrogen-bond donors (Lipinski definition) is 0. The summed E-state index contributed by atoms with van der Waals surface area (Å²) in [5, 5.41) is 0. The number of hydrogen-bond acceptors (Lipinski definition) is 5. The molecule has 0 aromatic heterocycles. The van der Waals surface area contributed by atoms with Crippen molar-refractivity contribution in [1.29, 1.82) is 0 Å². The molecule has 5 fully saturated rings. The first kappa shape index (κ1) is 32.3. The first-order valence-corrected chi connectivity index (χ1v) is 19.0. The van der Waals surface area contributed by atoms with E-state index in [1.54, 1.807) is 0 Å². The van der Waals surface area contributed by atoms with E-state index in [1.165, 1.54) is 96.4 Å². The molecule has 6 aliphatic rings. The molecular formula is C39H61NO4. The van der Waals surface area contributed by atoms with Gasteiger partial charge in [0.1, 0.15) is 11.5 Å². The molecule has 5 heteroatoms. The van der Waals surface area contributed by atoms with Gasteiger partial charge in [0.05, 0.1) is 0 Å². The highest BCUT2D eigenvalue weighted by Crippen LogP contribution is 2.69. The maximum Gasteiger partial charge on any atom is 0.310 e. The topological polar surface area (TPSA) is 55.8 Å². The third kappa shape index (κ3) is 6.88. The quantitative estimate of drug-likeness (QED) is 0.0883. The first-order chi connectivity index (χ1) is 21.5. The SMILES string of the molecule is CCCCCCCC/C=C\CCCCCCCC(=O)OC1=C2O[C@H]3C(=O)CCC4C5CC(C(C)C1)C2[C@]43CCN5CC1CC1. The van der Waals surface area contributed by atoms with Gasteiger partial charge in [-0.1, -0.05) is 77.4 Å². The number of carbonyl (C=O) groups is 2. The highest BCUT2D eigenvalue weighted by Gasteiger charge is 2.72. The zero-order valence-electron chi connectivity index (χ0n) is 28.0. The fraction of sp³-hybridized carbons (Fsp3) is 0.846. The van der Waals surface area contributed by atoms with Crippen molar-refractivity contribution >= 4 is 11.8 Å². The van der Waals surface area contributed by atoms with Gasteiger partial charge in [-0.2, -0.15) is 0 Å². The van der Waals surface area contributed by atoms with Crippen molar-refractivity contribution in [2.45, 2.75) is 161 Å². The molecule has 6 rings (SSSR count). The second-order valence-electron chi connectivity index (χ2n) is 15.6. The Labute approximate surface area is 268 Å². The van der Waals surface area contributed by atoms with Crippen molar-refractivity contribution in [3.05, 3.63) is 23.7 Å². The molecule has 1 spiro atoms. The Kier molecular flexibility index (Phi) is 10.9. The van der Waals surface area contributed by atoms with E-state index in [-0.39, 0.29) is 23.4 Å². The van der Waals surface area contributed by atoms with Gasteiger partial charge in [0.2, 0.25) is 0 Å². The summed E-state index contributed by atoms with van der Waals surface area (Å²) in [6.07, 6.45) is 28.7. The average Bonchev–Trinajstić information content (AvgIpc) is 3.76. The van der Waals surface area contributed by atoms with E-state index in [1.807, 2.05) is 0 Å². The third-order valence-electron chi connectivity index (χ3n) is 12.6. The summed E-state index contributed by atoms with van der Waals surface area (Å²) in [7, 11) is 0. The Morgan fingerprint density at radius 1 is 0.977 bits per heavy atom. The lowest BCUT2D eigenvalue weighted by atomic mass is 9.45. The number of allylic oxidation sites excluding steroid dienone is 4. The normalized spacial score (nSPS) is 34.4. The van der Waals surface area contributed by atoms with Gasteiger partial charge in [0, 0.05) is 43.2 Å². The van der Waals surface area contributed by atoms with Crippen LogP contribution < -0.4 is 0 Å². The van der Waals surface area contributed by atoms with Crippen LogP contribution in [0.5, 0.6) is 0 Å². The van der Waals surface area contributed by atoms with Crippen LogP contribution in [0, 0.1) is 35.0 Å². The predicted octanol–water partition coefficient (Wildman–Crippen LogP) is 9.30. The average molecular weight is 608 g/mol. The highest BCUT2D eigenvalue weighted by atomic mass is 16.6. The van der Waals surface area contributed by atoms with Crippen LogP contribution >= 0.6 is 0 Å². The second-order valence-corrected chi connectivity index (χ2v) is 15.6. The van der Waals surface area contributed by atoms with Crippen molar-refractivity contribution in [3.63, 3.8) is 0 Å². The van der Waals surface area contributed by atoms with Crippen molar-refractivity contribution in [1.82, 2.24) is 4.90 Å². The number of unbranched alkanes of at least 4 members (excludes halogenated alkanes) is 11. The Hall–Kier alpha value is -1.62. The second kappa shape index (κ2) is 14.9. The lowest BCUT2D eigenvalue weighted by molar-refractivity contribution is -0.167. The zero-order chi connectivity index (χ0) is 30.5. The van der Waals surface area contributed by atoms with E-state index >= 15 is 0 Å². The predicted molar refractivity (Wildman–Crippen MR) is 176 cm³/mol. The minimum atomic E-state index is -0.320. The molecule has 4 aliphatic carbocycles. The van der Waals surface area contributed by atoms with Crippen LogP contribution in [-0.4, -0.2) is 41.9 Å². The summed E-state index contributed by atoms with van der Waals surface area (Å²) >= 11 is 0. The van der Waals surface area contributed by atoms with E-state index in [2.05, 4.69) is 30.9 Å². The molecule has 2 aliphatic heterocycles. The summed E-state index contributed by atoms with van der Waals surface area (Å²) in [6, 6.07) is 0.594. The Morgan fingerprint density at radius 3 is 2.41 bits per heavy atom.